The summed E-state index contributed by atoms with van der Waals surface area (Å²) in [6.07, 6.45) is 6.73. The van der Waals surface area contributed by atoms with Gasteiger partial charge in [0, 0.05) is 24.3 Å². The van der Waals surface area contributed by atoms with Gasteiger partial charge in [0.25, 0.3) is 0 Å². The number of rotatable bonds is 1. The smallest absolute Gasteiger partial charge is 0.157 e. The number of nitrogens with one attached hydrogen (secondary N) is 1. The average Bonchev–Trinajstić information content (AvgIpc) is 2.54. The van der Waals surface area contributed by atoms with Gasteiger partial charge in [0.2, 0.25) is 0 Å². The molecule has 0 aromatic carbocycles. The monoisotopic (exact) mass is 160 g/mol. The first kappa shape index (κ1) is 6.97. The molecule has 0 fully saturated rings. The maximum atomic E-state index is 4.13. The molecule has 1 N–H and O–H groups in total. The van der Waals surface area contributed by atoms with Gasteiger partial charge in [-0.15, -0.1) is 0 Å². The van der Waals surface area contributed by atoms with Crippen LogP contribution in [0.25, 0.3) is 11.5 Å². The predicted octanol–water partition coefficient (Wildman–Crippen LogP) is 1.18. The number of imidazole rings is 1. The molecule has 0 bridgehead atoms. The lowest BCUT2D eigenvalue weighted by Crippen LogP contribution is -1.85. The minimum Gasteiger partial charge on any atom is -0.341 e. The largest absolute Gasteiger partial charge is 0.341 e. The highest BCUT2D eigenvalue weighted by atomic mass is 14.9. The fourth-order valence-corrected chi connectivity index (χ4v) is 0.964. The van der Waals surface area contributed by atoms with Crippen LogP contribution in [0.5, 0.6) is 0 Å². The zero-order valence-electron chi connectivity index (χ0n) is 6.65. The van der Waals surface area contributed by atoms with Gasteiger partial charge in [-0.2, -0.15) is 0 Å². The fourth-order valence-electron chi connectivity index (χ4n) is 0.964. The molecule has 4 nitrogen and oxygen atoms in total. The molecule has 4 heteroatoms. The molecule has 0 spiro atoms. The molecule has 0 atom stereocenters. The van der Waals surface area contributed by atoms with Crippen LogP contribution in [0.1, 0.15) is 5.69 Å². The summed E-state index contributed by atoms with van der Waals surface area (Å²) in [7, 11) is 0. The molecule has 0 aliphatic carbocycles. The van der Waals surface area contributed by atoms with Crippen LogP contribution in [0, 0.1) is 6.92 Å². The maximum Gasteiger partial charge on any atom is 0.157 e. The van der Waals surface area contributed by atoms with E-state index in [2.05, 4.69) is 19.9 Å². The SMILES string of the molecule is Cc1cnc(-c2cnccn2)[nH]1. The molecule has 60 valence electrons. The standard InChI is InChI=1S/C8H8N4/c1-6-4-11-8(12-6)7-5-9-2-3-10-7/h2-5H,1H3,(H,11,12). The first-order chi connectivity index (χ1) is 5.86. The van der Waals surface area contributed by atoms with Gasteiger partial charge < -0.3 is 4.98 Å². The van der Waals surface area contributed by atoms with Crippen molar-refractivity contribution >= 4 is 0 Å². The Hall–Kier alpha value is -1.71. The molecule has 0 aliphatic heterocycles. The molecule has 0 saturated heterocycles. The van der Waals surface area contributed by atoms with Crippen molar-refractivity contribution < 1.29 is 0 Å². The summed E-state index contributed by atoms with van der Waals surface area (Å²) in [6.45, 7) is 1.95. The van der Waals surface area contributed by atoms with Crippen LogP contribution in [0.4, 0.5) is 0 Å². The highest BCUT2D eigenvalue weighted by molar-refractivity contribution is 5.46. The van der Waals surface area contributed by atoms with Crippen LogP contribution < -0.4 is 0 Å². The van der Waals surface area contributed by atoms with Crippen LogP contribution in [0.15, 0.2) is 24.8 Å². The third-order valence-corrected chi connectivity index (χ3v) is 1.51. The number of aromatic amines is 1. The van der Waals surface area contributed by atoms with Gasteiger partial charge in [0.15, 0.2) is 5.82 Å². The first-order valence-corrected chi connectivity index (χ1v) is 3.64. The van der Waals surface area contributed by atoms with Gasteiger partial charge in [-0.05, 0) is 6.92 Å². The van der Waals surface area contributed by atoms with Crippen molar-refractivity contribution in [3.8, 4) is 11.5 Å². The van der Waals surface area contributed by atoms with Crippen LogP contribution >= 0.6 is 0 Å². The number of H-pyrrole nitrogens is 1. The Balaban J connectivity index is 2.45. The lowest BCUT2D eigenvalue weighted by Gasteiger charge is -1.91. The summed E-state index contributed by atoms with van der Waals surface area (Å²) in [6, 6.07) is 0. The Morgan fingerprint density at radius 3 is 2.67 bits per heavy atom. The van der Waals surface area contributed by atoms with Crippen molar-refractivity contribution in [1.82, 2.24) is 19.9 Å². The molecule has 0 amide bonds. The zero-order chi connectivity index (χ0) is 8.39. The topological polar surface area (TPSA) is 54.5 Å². The predicted molar refractivity (Wildman–Crippen MR) is 44.4 cm³/mol. The Bertz CT molecular complexity index is 366. The zero-order valence-corrected chi connectivity index (χ0v) is 6.65. The number of hydrogen-bond donors (Lipinski definition) is 1. The summed E-state index contributed by atoms with van der Waals surface area (Å²) >= 11 is 0. The van der Waals surface area contributed by atoms with Crippen molar-refractivity contribution in [2.24, 2.45) is 0 Å². The lowest BCUT2D eigenvalue weighted by atomic mass is 10.4. The summed E-state index contributed by atoms with van der Waals surface area (Å²) in [4.78, 5) is 15.3. The minimum absolute atomic E-state index is 0.764. The van der Waals surface area contributed by atoms with E-state index in [1.165, 1.54) is 0 Å². The number of nitrogens with zero attached hydrogens (tertiary/aromatic N) is 3. The second-order valence-corrected chi connectivity index (χ2v) is 2.51. The third kappa shape index (κ3) is 1.18. The maximum absolute atomic E-state index is 4.13. The van der Waals surface area contributed by atoms with E-state index in [9.17, 15) is 0 Å². The number of aryl methyl sites for hydroxylation is 1. The van der Waals surface area contributed by atoms with E-state index in [1.807, 2.05) is 6.92 Å². The molecule has 0 radical (unpaired) electrons. The summed E-state index contributed by atoms with van der Waals surface area (Å²) in [5.41, 5.74) is 1.79. The Morgan fingerprint density at radius 2 is 2.08 bits per heavy atom. The van der Waals surface area contributed by atoms with Crippen molar-refractivity contribution in [3.05, 3.63) is 30.5 Å². The number of hydrogen-bond acceptors (Lipinski definition) is 3. The van der Waals surface area contributed by atoms with E-state index in [4.69, 9.17) is 0 Å². The van der Waals surface area contributed by atoms with E-state index >= 15 is 0 Å². The van der Waals surface area contributed by atoms with Gasteiger partial charge in [0.1, 0.15) is 5.69 Å². The molecule has 0 saturated carbocycles. The molecule has 0 unspecified atom stereocenters. The summed E-state index contributed by atoms with van der Waals surface area (Å²) < 4.78 is 0. The normalized spacial score (nSPS) is 10.1. The highest BCUT2D eigenvalue weighted by Gasteiger charge is 2.00. The van der Waals surface area contributed by atoms with Crippen molar-refractivity contribution in [1.29, 1.82) is 0 Å². The van der Waals surface area contributed by atoms with E-state index in [0.29, 0.717) is 0 Å². The van der Waals surface area contributed by atoms with Crippen LogP contribution in [-0.2, 0) is 0 Å². The minimum atomic E-state index is 0.764. The van der Waals surface area contributed by atoms with E-state index in [1.54, 1.807) is 24.8 Å². The van der Waals surface area contributed by atoms with Gasteiger partial charge in [-0.1, -0.05) is 0 Å². The Labute approximate surface area is 69.7 Å². The molecule has 2 heterocycles. The van der Waals surface area contributed by atoms with Crippen molar-refractivity contribution in [3.63, 3.8) is 0 Å². The van der Waals surface area contributed by atoms with Crippen LogP contribution in [-0.4, -0.2) is 19.9 Å². The summed E-state index contributed by atoms with van der Waals surface area (Å²) in [5.74, 6) is 0.764. The Kier molecular flexibility index (Phi) is 1.59. The average molecular weight is 160 g/mol. The van der Waals surface area contributed by atoms with E-state index in [0.717, 1.165) is 17.2 Å². The van der Waals surface area contributed by atoms with E-state index in [-0.39, 0.29) is 0 Å². The summed E-state index contributed by atoms with van der Waals surface area (Å²) in [5, 5.41) is 0. The number of aromatic nitrogens is 4. The third-order valence-electron chi connectivity index (χ3n) is 1.51. The van der Waals surface area contributed by atoms with Gasteiger partial charge in [-0.25, -0.2) is 9.97 Å². The van der Waals surface area contributed by atoms with Gasteiger partial charge >= 0.3 is 0 Å². The fraction of sp³-hybridized carbons (Fsp3) is 0.125. The molecule has 2 rings (SSSR count). The lowest BCUT2D eigenvalue weighted by molar-refractivity contribution is 1.15. The molecular formula is C8H8N4. The molecule has 0 aliphatic rings. The van der Waals surface area contributed by atoms with Crippen LogP contribution in [0.3, 0.4) is 0 Å². The van der Waals surface area contributed by atoms with Crippen LogP contribution in [0.2, 0.25) is 0 Å². The Morgan fingerprint density at radius 1 is 1.17 bits per heavy atom. The van der Waals surface area contributed by atoms with E-state index < -0.39 is 0 Å². The van der Waals surface area contributed by atoms with Gasteiger partial charge in [-0.3, -0.25) is 4.98 Å². The first-order valence-electron chi connectivity index (χ1n) is 3.64. The molecular weight excluding hydrogens is 152 g/mol. The molecule has 2 aromatic heterocycles. The van der Waals surface area contributed by atoms with Crippen molar-refractivity contribution in [2.75, 3.05) is 0 Å². The van der Waals surface area contributed by atoms with Crippen molar-refractivity contribution in [2.45, 2.75) is 6.92 Å². The molecule has 12 heavy (non-hydrogen) atoms. The second kappa shape index (κ2) is 2.73. The second-order valence-electron chi connectivity index (χ2n) is 2.51. The molecule has 2 aromatic rings. The highest BCUT2D eigenvalue weighted by Crippen LogP contribution is 2.09. The van der Waals surface area contributed by atoms with Gasteiger partial charge in [0.05, 0.1) is 6.20 Å². The quantitative estimate of drug-likeness (QED) is 0.681.